The minimum atomic E-state index is -3.86. The molecule has 1 heterocycles. The molecule has 0 bridgehead atoms. The number of hydrogen-bond donors (Lipinski definition) is 3. The van der Waals surface area contributed by atoms with Crippen LogP contribution in [-0.2, 0) is 16.4 Å². The molecule has 0 aliphatic carbocycles. The molecule has 0 fully saturated rings. The van der Waals surface area contributed by atoms with E-state index in [0.717, 1.165) is 12.8 Å². The van der Waals surface area contributed by atoms with Gasteiger partial charge in [0.2, 0.25) is 10.0 Å². The van der Waals surface area contributed by atoms with Crippen LogP contribution in [0.25, 0.3) is 10.8 Å². The Balaban J connectivity index is 2.59. The van der Waals surface area contributed by atoms with Gasteiger partial charge in [-0.3, -0.25) is 4.79 Å². The standard InChI is InChI=1S/C13H17N3O3S/c14-7-2-1-4-9-8-11-10(13(17)16-9)5-3-6-12(11)20(15,18)19/h3,5-6,8H,1-2,4,7,14H2,(H,16,17)(H2,15,18,19). The number of sulfonamides is 1. The first-order valence-corrected chi connectivity index (χ1v) is 7.86. The first-order valence-electron chi connectivity index (χ1n) is 6.31. The van der Waals surface area contributed by atoms with Gasteiger partial charge in [0.15, 0.2) is 0 Å². The van der Waals surface area contributed by atoms with Gasteiger partial charge in [-0.25, -0.2) is 13.6 Å². The zero-order valence-electron chi connectivity index (χ0n) is 10.9. The van der Waals surface area contributed by atoms with E-state index in [9.17, 15) is 13.2 Å². The quantitative estimate of drug-likeness (QED) is 0.694. The summed E-state index contributed by atoms with van der Waals surface area (Å²) in [6, 6.07) is 6.16. The lowest BCUT2D eigenvalue weighted by atomic mass is 10.1. The highest BCUT2D eigenvalue weighted by Crippen LogP contribution is 2.20. The van der Waals surface area contributed by atoms with E-state index >= 15 is 0 Å². The molecule has 0 spiro atoms. The lowest BCUT2D eigenvalue weighted by Gasteiger charge is -2.07. The van der Waals surface area contributed by atoms with E-state index < -0.39 is 10.0 Å². The maximum absolute atomic E-state index is 12.0. The second-order valence-corrected chi connectivity index (χ2v) is 6.16. The summed E-state index contributed by atoms with van der Waals surface area (Å²) in [4.78, 5) is 14.7. The number of aryl methyl sites for hydroxylation is 1. The molecule has 0 saturated carbocycles. The number of fused-ring (bicyclic) bond motifs is 1. The number of nitrogens with two attached hydrogens (primary N) is 2. The number of pyridine rings is 1. The third-order valence-corrected chi connectivity index (χ3v) is 4.08. The Labute approximate surface area is 116 Å². The second kappa shape index (κ2) is 5.74. The summed E-state index contributed by atoms with van der Waals surface area (Å²) in [5, 5.41) is 5.87. The van der Waals surface area contributed by atoms with Gasteiger partial charge in [0, 0.05) is 16.5 Å². The highest BCUT2D eigenvalue weighted by atomic mass is 32.2. The van der Waals surface area contributed by atoms with Crippen molar-refractivity contribution in [1.82, 2.24) is 4.98 Å². The molecule has 0 aliphatic heterocycles. The first-order chi connectivity index (χ1) is 9.43. The Morgan fingerprint density at radius 3 is 2.55 bits per heavy atom. The molecule has 6 nitrogen and oxygen atoms in total. The van der Waals surface area contributed by atoms with E-state index in [4.69, 9.17) is 10.9 Å². The number of benzene rings is 1. The second-order valence-electron chi connectivity index (χ2n) is 4.63. The smallest absolute Gasteiger partial charge is 0.256 e. The van der Waals surface area contributed by atoms with Crippen LogP contribution in [0, 0.1) is 0 Å². The van der Waals surface area contributed by atoms with Crippen molar-refractivity contribution in [1.29, 1.82) is 0 Å². The fourth-order valence-corrected chi connectivity index (χ4v) is 2.90. The molecule has 2 rings (SSSR count). The van der Waals surface area contributed by atoms with E-state index in [0.29, 0.717) is 29.4 Å². The van der Waals surface area contributed by atoms with Gasteiger partial charge in [0.05, 0.1) is 4.90 Å². The van der Waals surface area contributed by atoms with Crippen LogP contribution in [0.15, 0.2) is 34.0 Å². The first kappa shape index (κ1) is 14.7. The highest BCUT2D eigenvalue weighted by Gasteiger charge is 2.14. The summed E-state index contributed by atoms with van der Waals surface area (Å²) in [7, 11) is -3.86. The maximum Gasteiger partial charge on any atom is 0.256 e. The van der Waals surface area contributed by atoms with Crippen LogP contribution in [0.5, 0.6) is 0 Å². The highest BCUT2D eigenvalue weighted by molar-refractivity contribution is 7.89. The number of primary sulfonamides is 1. The molecule has 0 radical (unpaired) electrons. The van der Waals surface area contributed by atoms with E-state index in [2.05, 4.69) is 4.98 Å². The van der Waals surface area contributed by atoms with Gasteiger partial charge in [-0.05, 0) is 44.0 Å². The number of unbranched alkanes of at least 4 members (excludes halogenated alkanes) is 1. The number of rotatable bonds is 5. The van der Waals surface area contributed by atoms with Gasteiger partial charge in [0.25, 0.3) is 5.56 Å². The lowest BCUT2D eigenvalue weighted by Crippen LogP contribution is -2.15. The third-order valence-electron chi connectivity index (χ3n) is 3.11. The molecule has 0 saturated heterocycles. The molecular weight excluding hydrogens is 278 g/mol. The summed E-state index contributed by atoms with van der Waals surface area (Å²) < 4.78 is 23.2. The monoisotopic (exact) mass is 295 g/mol. The van der Waals surface area contributed by atoms with Crippen molar-refractivity contribution in [2.75, 3.05) is 6.54 Å². The van der Waals surface area contributed by atoms with Crippen LogP contribution in [0.1, 0.15) is 18.5 Å². The van der Waals surface area contributed by atoms with Crippen LogP contribution in [0.2, 0.25) is 0 Å². The van der Waals surface area contributed by atoms with E-state index in [1.165, 1.54) is 12.1 Å². The van der Waals surface area contributed by atoms with Crippen molar-refractivity contribution >= 4 is 20.8 Å². The molecular formula is C13H17N3O3S. The maximum atomic E-state index is 12.0. The normalized spacial score (nSPS) is 11.9. The SMILES string of the molecule is NCCCCc1cc2c(S(N)(=O)=O)cccc2c(=O)[nH]1. The van der Waals surface area contributed by atoms with Crippen LogP contribution < -0.4 is 16.4 Å². The Morgan fingerprint density at radius 2 is 1.90 bits per heavy atom. The molecule has 7 heteroatoms. The van der Waals surface area contributed by atoms with Gasteiger partial charge in [0.1, 0.15) is 0 Å². The minimum Gasteiger partial charge on any atom is -0.330 e. The third kappa shape index (κ3) is 3.06. The van der Waals surface area contributed by atoms with E-state index in [1.807, 2.05) is 0 Å². The summed E-state index contributed by atoms with van der Waals surface area (Å²) >= 11 is 0. The number of H-pyrrole nitrogens is 1. The van der Waals surface area contributed by atoms with Crippen molar-refractivity contribution < 1.29 is 8.42 Å². The van der Waals surface area contributed by atoms with E-state index in [1.54, 1.807) is 12.1 Å². The molecule has 20 heavy (non-hydrogen) atoms. The van der Waals surface area contributed by atoms with Crippen LogP contribution in [-0.4, -0.2) is 19.9 Å². The van der Waals surface area contributed by atoms with Crippen LogP contribution in [0.3, 0.4) is 0 Å². The zero-order valence-corrected chi connectivity index (χ0v) is 11.7. The van der Waals surface area contributed by atoms with Crippen molar-refractivity contribution in [2.24, 2.45) is 10.9 Å². The molecule has 0 atom stereocenters. The number of nitrogens with one attached hydrogen (secondary N) is 1. The average molecular weight is 295 g/mol. The van der Waals surface area contributed by atoms with Crippen LogP contribution in [0.4, 0.5) is 0 Å². The van der Waals surface area contributed by atoms with Gasteiger partial charge >= 0.3 is 0 Å². The Kier molecular flexibility index (Phi) is 4.22. The Bertz CT molecular complexity index is 781. The Hall–Kier alpha value is -1.70. The summed E-state index contributed by atoms with van der Waals surface area (Å²) in [6.45, 7) is 0.584. The molecule has 1 aromatic carbocycles. The summed E-state index contributed by atoms with van der Waals surface area (Å²) in [5.41, 5.74) is 5.80. The van der Waals surface area contributed by atoms with Crippen molar-refractivity contribution in [3.8, 4) is 0 Å². The lowest BCUT2D eigenvalue weighted by molar-refractivity contribution is 0.598. The van der Waals surface area contributed by atoms with Gasteiger partial charge in [-0.1, -0.05) is 6.07 Å². The predicted octanol–water partition coefficient (Wildman–Crippen LogP) is 0.457. The molecule has 5 N–H and O–H groups in total. The molecule has 0 amide bonds. The van der Waals surface area contributed by atoms with Crippen molar-refractivity contribution in [3.05, 3.63) is 40.3 Å². The fraction of sp³-hybridized carbons (Fsp3) is 0.308. The molecule has 2 aromatic rings. The topological polar surface area (TPSA) is 119 Å². The number of hydrogen-bond acceptors (Lipinski definition) is 4. The minimum absolute atomic E-state index is 0.0267. The molecule has 108 valence electrons. The summed E-state index contributed by atoms with van der Waals surface area (Å²) in [5.74, 6) is 0. The predicted molar refractivity (Wildman–Crippen MR) is 77.9 cm³/mol. The van der Waals surface area contributed by atoms with E-state index in [-0.39, 0.29) is 10.5 Å². The summed E-state index contributed by atoms with van der Waals surface area (Å²) in [6.07, 6.45) is 2.31. The van der Waals surface area contributed by atoms with Crippen molar-refractivity contribution in [3.63, 3.8) is 0 Å². The van der Waals surface area contributed by atoms with Crippen molar-refractivity contribution in [2.45, 2.75) is 24.2 Å². The average Bonchev–Trinajstić information content (AvgIpc) is 2.37. The van der Waals surface area contributed by atoms with Gasteiger partial charge in [-0.15, -0.1) is 0 Å². The molecule has 1 aromatic heterocycles. The molecule has 0 aliphatic rings. The van der Waals surface area contributed by atoms with Gasteiger partial charge < -0.3 is 10.7 Å². The fourth-order valence-electron chi connectivity index (χ4n) is 2.16. The number of aromatic amines is 1. The van der Waals surface area contributed by atoms with Crippen LogP contribution >= 0.6 is 0 Å². The largest absolute Gasteiger partial charge is 0.330 e. The molecule has 0 unspecified atom stereocenters. The number of aromatic nitrogens is 1. The zero-order chi connectivity index (χ0) is 14.8. The Morgan fingerprint density at radius 1 is 1.15 bits per heavy atom. The van der Waals surface area contributed by atoms with Gasteiger partial charge in [-0.2, -0.15) is 0 Å².